The fourth-order valence-corrected chi connectivity index (χ4v) is 2.24. The lowest BCUT2D eigenvalue weighted by Crippen LogP contribution is -2.57. The SMILES string of the molecule is C=CC(=O)NC(C)C1(O)CCN(C(=O)OC(C)(C)C)CC1. The zero-order chi connectivity index (χ0) is 16.3. The van der Waals surface area contributed by atoms with Crippen molar-refractivity contribution in [3.63, 3.8) is 0 Å². The van der Waals surface area contributed by atoms with E-state index >= 15 is 0 Å². The van der Waals surface area contributed by atoms with Gasteiger partial charge in [0, 0.05) is 13.1 Å². The van der Waals surface area contributed by atoms with Crippen LogP contribution in [0, 0.1) is 0 Å². The van der Waals surface area contributed by atoms with Crippen LogP contribution >= 0.6 is 0 Å². The van der Waals surface area contributed by atoms with E-state index in [1.807, 2.05) is 20.8 Å². The standard InChI is InChI=1S/C15H26N2O4/c1-6-12(18)16-11(2)15(20)7-9-17(10-8-15)13(19)21-14(3,4)5/h6,11,20H,1,7-10H2,2-5H3,(H,16,18). The number of carbonyl (C=O) groups is 2. The molecule has 6 nitrogen and oxygen atoms in total. The fourth-order valence-electron chi connectivity index (χ4n) is 2.24. The first-order chi connectivity index (χ1) is 9.57. The van der Waals surface area contributed by atoms with Crippen molar-refractivity contribution < 1.29 is 19.4 Å². The van der Waals surface area contributed by atoms with E-state index in [1.54, 1.807) is 11.8 Å². The van der Waals surface area contributed by atoms with E-state index < -0.39 is 17.2 Å². The summed E-state index contributed by atoms with van der Waals surface area (Å²) in [6.45, 7) is 11.4. The molecule has 1 atom stereocenters. The van der Waals surface area contributed by atoms with Crippen molar-refractivity contribution in [2.24, 2.45) is 0 Å². The third-order valence-electron chi connectivity index (χ3n) is 3.63. The van der Waals surface area contributed by atoms with E-state index in [9.17, 15) is 14.7 Å². The van der Waals surface area contributed by atoms with Crippen LogP contribution in [0.3, 0.4) is 0 Å². The molecule has 1 aliphatic heterocycles. The molecule has 1 rings (SSSR count). The predicted molar refractivity (Wildman–Crippen MR) is 79.8 cm³/mol. The third-order valence-corrected chi connectivity index (χ3v) is 3.63. The number of amides is 2. The molecule has 0 radical (unpaired) electrons. The van der Waals surface area contributed by atoms with Crippen LogP contribution in [0.25, 0.3) is 0 Å². The minimum absolute atomic E-state index is 0.314. The molecule has 1 fully saturated rings. The molecule has 120 valence electrons. The van der Waals surface area contributed by atoms with Gasteiger partial charge in [-0.05, 0) is 46.6 Å². The lowest BCUT2D eigenvalue weighted by atomic mass is 9.85. The molecule has 0 aliphatic carbocycles. The molecule has 1 unspecified atom stereocenters. The molecule has 0 aromatic carbocycles. The summed E-state index contributed by atoms with van der Waals surface area (Å²) in [6.07, 6.45) is 1.60. The summed E-state index contributed by atoms with van der Waals surface area (Å²) >= 11 is 0. The van der Waals surface area contributed by atoms with Crippen molar-refractivity contribution in [1.82, 2.24) is 10.2 Å². The van der Waals surface area contributed by atoms with E-state index in [1.165, 1.54) is 6.08 Å². The van der Waals surface area contributed by atoms with Gasteiger partial charge in [-0.1, -0.05) is 6.58 Å². The molecule has 2 N–H and O–H groups in total. The van der Waals surface area contributed by atoms with Gasteiger partial charge in [-0.25, -0.2) is 4.79 Å². The highest BCUT2D eigenvalue weighted by atomic mass is 16.6. The van der Waals surface area contributed by atoms with E-state index in [-0.39, 0.29) is 12.0 Å². The Hall–Kier alpha value is -1.56. The predicted octanol–water partition coefficient (Wildman–Crippen LogP) is 1.44. The molecule has 0 aromatic heterocycles. The van der Waals surface area contributed by atoms with Gasteiger partial charge in [0.05, 0.1) is 11.6 Å². The number of hydrogen-bond acceptors (Lipinski definition) is 4. The van der Waals surface area contributed by atoms with Crippen LogP contribution in [0.5, 0.6) is 0 Å². The van der Waals surface area contributed by atoms with Gasteiger partial charge in [-0.2, -0.15) is 0 Å². The summed E-state index contributed by atoms with van der Waals surface area (Å²) in [7, 11) is 0. The molecular weight excluding hydrogens is 272 g/mol. The molecular formula is C15H26N2O4. The fraction of sp³-hybridized carbons (Fsp3) is 0.733. The minimum Gasteiger partial charge on any atom is -0.444 e. The molecule has 6 heteroatoms. The molecule has 1 saturated heterocycles. The van der Waals surface area contributed by atoms with Crippen LogP contribution in [0.2, 0.25) is 0 Å². The molecule has 2 amide bonds. The second-order valence-corrected chi connectivity index (χ2v) is 6.51. The van der Waals surface area contributed by atoms with Crippen LogP contribution < -0.4 is 5.32 Å². The first kappa shape index (κ1) is 17.5. The van der Waals surface area contributed by atoms with Gasteiger partial charge >= 0.3 is 6.09 Å². The van der Waals surface area contributed by atoms with Gasteiger partial charge in [0.1, 0.15) is 5.60 Å². The highest BCUT2D eigenvalue weighted by Crippen LogP contribution is 2.26. The Bertz CT molecular complexity index is 406. The van der Waals surface area contributed by atoms with Crippen molar-refractivity contribution in [1.29, 1.82) is 0 Å². The molecule has 0 aromatic rings. The Labute approximate surface area is 126 Å². The van der Waals surface area contributed by atoms with Crippen LogP contribution in [-0.4, -0.2) is 52.3 Å². The van der Waals surface area contributed by atoms with Crippen LogP contribution in [0.1, 0.15) is 40.5 Å². The van der Waals surface area contributed by atoms with E-state index in [2.05, 4.69) is 11.9 Å². The maximum Gasteiger partial charge on any atom is 0.410 e. The zero-order valence-corrected chi connectivity index (χ0v) is 13.3. The lowest BCUT2D eigenvalue weighted by molar-refractivity contribution is -0.120. The Balaban J connectivity index is 2.56. The van der Waals surface area contributed by atoms with Crippen molar-refractivity contribution in [2.45, 2.75) is 57.8 Å². The Kier molecular flexibility index (Phi) is 5.39. The van der Waals surface area contributed by atoms with E-state index in [4.69, 9.17) is 4.74 Å². The van der Waals surface area contributed by atoms with Crippen molar-refractivity contribution in [2.75, 3.05) is 13.1 Å². The summed E-state index contributed by atoms with van der Waals surface area (Å²) < 4.78 is 5.31. The highest BCUT2D eigenvalue weighted by molar-refractivity contribution is 5.87. The first-order valence-electron chi connectivity index (χ1n) is 7.20. The lowest BCUT2D eigenvalue weighted by Gasteiger charge is -2.41. The maximum atomic E-state index is 12.0. The van der Waals surface area contributed by atoms with Gasteiger partial charge in [-0.15, -0.1) is 0 Å². The van der Waals surface area contributed by atoms with Gasteiger partial charge in [0.2, 0.25) is 5.91 Å². The molecule has 0 spiro atoms. The van der Waals surface area contributed by atoms with Gasteiger partial charge in [0.15, 0.2) is 0 Å². The van der Waals surface area contributed by atoms with Gasteiger partial charge < -0.3 is 20.1 Å². The highest BCUT2D eigenvalue weighted by Gasteiger charge is 2.39. The molecule has 1 heterocycles. The van der Waals surface area contributed by atoms with E-state index in [0.717, 1.165) is 0 Å². The minimum atomic E-state index is -1.02. The van der Waals surface area contributed by atoms with Gasteiger partial charge in [-0.3, -0.25) is 4.79 Å². The molecule has 21 heavy (non-hydrogen) atoms. The number of nitrogens with one attached hydrogen (secondary N) is 1. The summed E-state index contributed by atoms with van der Waals surface area (Å²) in [5, 5.41) is 13.3. The Morgan fingerprint density at radius 3 is 2.33 bits per heavy atom. The monoisotopic (exact) mass is 298 g/mol. The van der Waals surface area contributed by atoms with Crippen LogP contribution in [-0.2, 0) is 9.53 Å². The maximum absolute atomic E-state index is 12.0. The smallest absolute Gasteiger partial charge is 0.410 e. The average Bonchev–Trinajstić information content (AvgIpc) is 2.37. The van der Waals surface area contributed by atoms with Crippen molar-refractivity contribution in [3.05, 3.63) is 12.7 Å². The van der Waals surface area contributed by atoms with Crippen molar-refractivity contribution >= 4 is 12.0 Å². The second-order valence-electron chi connectivity index (χ2n) is 6.51. The normalized spacial score (nSPS) is 19.6. The third kappa shape index (κ3) is 5.04. The van der Waals surface area contributed by atoms with Crippen molar-refractivity contribution in [3.8, 4) is 0 Å². The largest absolute Gasteiger partial charge is 0.444 e. The summed E-state index contributed by atoms with van der Waals surface area (Å²) in [5.74, 6) is -0.314. The first-order valence-corrected chi connectivity index (χ1v) is 7.20. The number of likely N-dealkylation sites (tertiary alicyclic amines) is 1. The quantitative estimate of drug-likeness (QED) is 0.773. The van der Waals surface area contributed by atoms with E-state index in [0.29, 0.717) is 25.9 Å². The number of aliphatic hydroxyl groups is 1. The number of nitrogens with zero attached hydrogens (tertiary/aromatic N) is 1. The zero-order valence-electron chi connectivity index (χ0n) is 13.3. The summed E-state index contributed by atoms with van der Waals surface area (Å²) in [5.41, 5.74) is -1.55. The number of piperidine rings is 1. The van der Waals surface area contributed by atoms with Gasteiger partial charge in [0.25, 0.3) is 0 Å². The Morgan fingerprint density at radius 2 is 1.90 bits per heavy atom. The topological polar surface area (TPSA) is 78.9 Å². The number of rotatable bonds is 3. The molecule has 1 aliphatic rings. The average molecular weight is 298 g/mol. The molecule has 0 saturated carbocycles. The number of ether oxygens (including phenoxy) is 1. The number of hydrogen-bond donors (Lipinski definition) is 2. The Morgan fingerprint density at radius 1 is 1.38 bits per heavy atom. The number of carbonyl (C=O) groups excluding carboxylic acids is 2. The van der Waals surface area contributed by atoms with Crippen LogP contribution in [0.15, 0.2) is 12.7 Å². The summed E-state index contributed by atoms with van der Waals surface area (Å²) in [6, 6.07) is -0.399. The van der Waals surface area contributed by atoms with Crippen LogP contribution in [0.4, 0.5) is 4.79 Å². The second kappa shape index (κ2) is 6.47. The summed E-state index contributed by atoms with van der Waals surface area (Å²) in [4.78, 5) is 24.9. The molecule has 0 bridgehead atoms.